The van der Waals surface area contributed by atoms with Crippen LogP contribution in [0.2, 0.25) is 0 Å². The van der Waals surface area contributed by atoms with Crippen molar-refractivity contribution in [2.24, 2.45) is 0 Å². The molecule has 4 nitrogen and oxygen atoms in total. The van der Waals surface area contributed by atoms with Crippen molar-refractivity contribution < 1.29 is 9.90 Å². The molecule has 1 amide bonds. The molecule has 24 heavy (non-hydrogen) atoms. The third-order valence-electron chi connectivity index (χ3n) is 6.26. The van der Waals surface area contributed by atoms with Gasteiger partial charge < -0.3 is 15.0 Å². The van der Waals surface area contributed by atoms with Gasteiger partial charge in [0.2, 0.25) is 0 Å². The van der Waals surface area contributed by atoms with Crippen molar-refractivity contribution in [3.05, 3.63) is 35.0 Å². The minimum Gasteiger partial charge on any atom is -0.388 e. The maximum atomic E-state index is 13.3. The lowest BCUT2D eigenvalue weighted by Crippen LogP contribution is -2.44. The van der Waals surface area contributed by atoms with E-state index in [0.29, 0.717) is 0 Å². The SMILES string of the molecule is O=C(c1cccc2c3c([nH]c12)CCCC3)N1CCCC1C1(O)CC1. The molecular formula is C20H24N2O2. The summed E-state index contributed by atoms with van der Waals surface area (Å²) in [7, 11) is 0. The molecule has 0 bridgehead atoms. The highest BCUT2D eigenvalue weighted by Gasteiger charge is 2.52. The number of aryl methyl sites for hydroxylation is 2. The molecule has 126 valence electrons. The Labute approximate surface area is 141 Å². The van der Waals surface area contributed by atoms with Crippen LogP contribution in [0.3, 0.4) is 0 Å². The van der Waals surface area contributed by atoms with Gasteiger partial charge in [0, 0.05) is 17.6 Å². The van der Waals surface area contributed by atoms with Crippen LogP contribution in [0.4, 0.5) is 0 Å². The van der Waals surface area contributed by atoms with E-state index in [1.165, 1.54) is 29.5 Å². The first-order chi connectivity index (χ1) is 11.7. The van der Waals surface area contributed by atoms with E-state index >= 15 is 0 Å². The van der Waals surface area contributed by atoms with Crippen LogP contribution in [0.1, 0.15) is 60.1 Å². The average molecular weight is 324 g/mol. The van der Waals surface area contributed by atoms with Crippen LogP contribution < -0.4 is 0 Å². The lowest BCUT2D eigenvalue weighted by atomic mass is 9.95. The molecule has 2 aromatic rings. The number of aromatic nitrogens is 1. The molecule has 1 saturated heterocycles. The first-order valence-electron chi connectivity index (χ1n) is 9.33. The number of nitrogens with zero attached hydrogens (tertiary/aromatic N) is 1. The number of aliphatic hydroxyl groups is 1. The molecule has 2 N–H and O–H groups in total. The van der Waals surface area contributed by atoms with Gasteiger partial charge in [0.25, 0.3) is 5.91 Å². The van der Waals surface area contributed by atoms with E-state index < -0.39 is 5.60 Å². The van der Waals surface area contributed by atoms with Crippen LogP contribution in [0, 0.1) is 0 Å². The Hall–Kier alpha value is -1.81. The molecule has 1 atom stereocenters. The number of hydrogen-bond acceptors (Lipinski definition) is 2. The van der Waals surface area contributed by atoms with Gasteiger partial charge in [-0.25, -0.2) is 0 Å². The number of fused-ring (bicyclic) bond motifs is 3. The highest BCUT2D eigenvalue weighted by molar-refractivity contribution is 6.07. The van der Waals surface area contributed by atoms with E-state index in [1.807, 2.05) is 17.0 Å². The summed E-state index contributed by atoms with van der Waals surface area (Å²) in [6.45, 7) is 0.766. The number of amides is 1. The summed E-state index contributed by atoms with van der Waals surface area (Å²) >= 11 is 0. The third kappa shape index (κ3) is 2.05. The van der Waals surface area contributed by atoms with E-state index in [1.54, 1.807) is 0 Å². The largest absolute Gasteiger partial charge is 0.388 e. The number of hydrogen-bond donors (Lipinski definition) is 2. The molecule has 1 aromatic heterocycles. The normalized spacial score (nSPS) is 25.0. The number of likely N-dealkylation sites (tertiary alicyclic amines) is 1. The monoisotopic (exact) mass is 324 g/mol. The summed E-state index contributed by atoms with van der Waals surface area (Å²) < 4.78 is 0. The Morgan fingerprint density at radius 2 is 2.04 bits per heavy atom. The van der Waals surface area contributed by atoms with Gasteiger partial charge in [-0.05, 0) is 63.0 Å². The Kier molecular flexibility index (Phi) is 3.08. The fourth-order valence-corrected chi connectivity index (χ4v) is 4.79. The number of rotatable bonds is 2. The molecule has 1 aliphatic heterocycles. The lowest BCUT2D eigenvalue weighted by molar-refractivity contribution is 0.0387. The predicted octanol–water partition coefficient (Wildman–Crippen LogP) is 3.18. The van der Waals surface area contributed by atoms with Gasteiger partial charge in [-0.3, -0.25) is 4.79 Å². The van der Waals surface area contributed by atoms with Gasteiger partial charge in [0.1, 0.15) is 0 Å². The van der Waals surface area contributed by atoms with Crippen LogP contribution in [0.5, 0.6) is 0 Å². The molecule has 3 aliphatic rings. The second kappa shape index (κ2) is 5.09. The maximum absolute atomic E-state index is 13.3. The number of H-pyrrole nitrogens is 1. The molecule has 5 rings (SSSR count). The Morgan fingerprint density at radius 1 is 1.21 bits per heavy atom. The smallest absolute Gasteiger partial charge is 0.256 e. The van der Waals surface area contributed by atoms with Gasteiger partial charge in [-0.15, -0.1) is 0 Å². The van der Waals surface area contributed by atoms with Crippen LogP contribution >= 0.6 is 0 Å². The molecule has 2 heterocycles. The van der Waals surface area contributed by atoms with Crippen LogP contribution in [0.15, 0.2) is 18.2 Å². The third-order valence-corrected chi connectivity index (χ3v) is 6.26. The van der Waals surface area contributed by atoms with Gasteiger partial charge in [-0.2, -0.15) is 0 Å². The quantitative estimate of drug-likeness (QED) is 0.891. The summed E-state index contributed by atoms with van der Waals surface area (Å²) in [5, 5.41) is 11.8. The molecule has 0 spiro atoms. The van der Waals surface area contributed by atoms with Crippen molar-refractivity contribution in [2.45, 2.75) is 63.0 Å². The molecule has 1 saturated carbocycles. The number of benzene rings is 1. The average Bonchev–Trinajstić information content (AvgIpc) is 3.04. The summed E-state index contributed by atoms with van der Waals surface area (Å²) in [4.78, 5) is 18.7. The summed E-state index contributed by atoms with van der Waals surface area (Å²) in [5.41, 5.74) is 3.88. The summed E-state index contributed by atoms with van der Waals surface area (Å²) in [6, 6.07) is 6.10. The molecule has 2 aliphatic carbocycles. The number of carbonyl (C=O) groups excluding carboxylic acids is 1. The Balaban J connectivity index is 1.56. The Morgan fingerprint density at radius 3 is 2.88 bits per heavy atom. The van der Waals surface area contributed by atoms with E-state index in [9.17, 15) is 9.90 Å². The zero-order chi connectivity index (χ0) is 16.3. The van der Waals surface area contributed by atoms with Crippen LogP contribution in [-0.4, -0.2) is 39.1 Å². The predicted molar refractivity (Wildman–Crippen MR) is 93.2 cm³/mol. The number of aromatic amines is 1. The van der Waals surface area contributed by atoms with Crippen molar-refractivity contribution in [2.75, 3.05) is 6.54 Å². The van der Waals surface area contributed by atoms with Gasteiger partial charge in [-0.1, -0.05) is 12.1 Å². The topological polar surface area (TPSA) is 56.3 Å². The first-order valence-corrected chi connectivity index (χ1v) is 9.33. The second-order valence-electron chi connectivity index (χ2n) is 7.78. The highest BCUT2D eigenvalue weighted by Crippen LogP contribution is 2.45. The van der Waals surface area contributed by atoms with Crippen molar-refractivity contribution in [1.29, 1.82) is 0 Å². The van der Waals surface area contributed by atoms with Crippen LogP contribution in [-0.2, 0) is 12.8 Å². The lowest BCUT2D eigenvalue weighted by Gasteiger charge is -2.29. The van der Waals surface area contributed by atoms with E-state index in [4.69, 9.17) is 0 Å². The van der Waals surface area contributed by atoms with Gasteiger partial charge >= 0.3 is 0 Å². The molecule has 1 aromatic carbocycles. The second-order valence-corrected chi connectivity index (χ2v) is 7.78. The number of para-hydroxylation sites is 1. The minimum atomic E-state index is -0.616. The highest BCUT2D eigenvalue weighted by atomic mass is 16.3. The fourth-order valence-electron chi connectivity index (χ4n) is 4.79. The van der Waals surface area contributed by atoms with Crippen LogP contribution in [0.25, 0.3) is 10.9 Å². The first kappa shape index (κ1) is 14.5. The molecular weight excluding hydrogens is 300 g/mol. The maximum Gasteiger partial charge on any atom is 0.256 e. The zero-order valence-electron chi connectivity index (χ0n) is 14.0. The standard InChI is InChI=1S/C20H24N2O2/c23-19(22-12-4-9-17(22)20(24)10-11-20)15-7-3-6-14-13-5-1-2-8-16(13)21-18(14)15/h3,6-7,17,21,24H,1-2,4-5,8-12H2. The van der Waals surface area contributed by atoms with E-state index in [-0.39, 0.29) is 11.9 Å². The number of carbonyl (C=O) groups is 1. The van der Waals surface area contributed by atoms with Crippen molar-refractivity contribution in [1.82, 2.24) is 9.88 Å². The summed E-state index contributed by atoms with van der Waals surface area (Å²) in [5.74, 6) is 0.0852. The van der Waals surface area contributed by atoms with Gasteiger partial charge in [0.15, 0.2) is 0 Å². The van der Waals surface area contributed by atoms with E-state index in [2.05, 4.69) is 11.1 Å². The molecule has 1 unspecified atom stereocenters. The van der Waals surface area contributed by atoms with Crippen molar-refractivity contribution in [3.63, 3.8) is 0 Å². The van der Waals surface area contributed by atoms with E-state index in [0.717, 1.165) is 56.1 Å². The van der Waals surface area contributed by atoms with Crippen molar-refractivity contribution in [3.8, 4) is 0 Å². The Bertz CT molecular complexity index is 818. The minimum absolute atomic E-state index is 0.00448. The summed E-state index contributed by atoms with van der Waals surface area (Å²) in [6.07, 6.45) is 8.26. The zero-order valence-corrected chi connectivity index (χ0v) is 14.0. The molecule has 4 heteroatoms. The number of nitrogens with one attached hydrogen (secondary N) is 1. The van der Waals surface area contributed by atoms with Gasteiger partial charge in [0.05, 0.1) is 22.7 Å². The van der Waals surface area contributed by atoms with Crippen molar-refractivity contribution >= 4 is 16.8 Å². The molecule has 2 fully saturated rings. The fraction of sp³-hybridized carbons (Fsp3) is 0.550. The molecule has 0 radical (unpaired) electrons.